The lowest BCUT2D eigenvalue weighted by molar-refractivity contribution is -0.107. The van der Waals surface area contributed by atoms with Crippen LogP contribution in [0.2, 0.25) is 0 Å². The third-order valence-electron chi connectivity index (χ3n) is 7.46. The van der Waals surface area contributed by atoms with Crippen LogP contribution in [0.1, 0.15) is 60.6 Å². The summed E-state index contributed by atoms with van der Waals surface area (Å²) in [4.78, 5) is 36.4. The molecule has 5 rings (SSSR count). The maximum atomic E-state index is 13.2. The number of hydrogen-bond acceptors (Lipinski definition) is 7. The summed E-state index contributed by atoms with van der Waals surface area (Å²) in [6, 6.07) is 9.81. The molecule has 9 nitrogen and oxygen atoms in total. The number of rotatable bonds is 7. The highest BCUT2D eigenvalue weighted by Gasteiger charge is 2.27. The first-order valence-electron chi connectivity index (χ1n) is 14.2. The zero-order valence-electron chi connectivity index (χ0n) is 23.8. The van der Waals surface area contributed by atoms with Gasteiger partial charge in [0.25, 0.3) is 5.91 Å². The van der Waals surface area contributed by atoms with Gasteiger partial charge in [-0.15, -0.1) is 11.6 Å². The minimum absolute atomic E-state index is 0.174. The van der Waals surface area contributed by atoms with Gasteiger partial charge in [-0.2, -0.15) is 0 Å². The first-order valence-corrected chi connectivity index (χ1v) is 14.7. The monoisotopic (exact) mass is 568 g/mol. The summed E-state index contributed by atoms with van der Waals surface area (Å²) in [5, 5.41) is 3.12. The van der Waals surface area contributed by atoms with Crippen LogP contribution in [-0.4, -0.2) is 88.8 Å². The molecule has 10 heteroatoms. The molecule has 2 aliphatic heterocycles. The van der Waals surface area contributed by atoms with Crippen LogP contribution in [0, 0.1) is 6.92 Å². The van der Waals surface area contributed by atoms with Crippen molar-refractivity contribution in [2.24, 2.45) is 0 Å². The van der Waals surface area contributed by atoms with Gasteiger partial charge in [-0.3, -0.25) is 15.1 Å². The van der Waals surface area contributed by atoms with E-state index in [1.807, 2.05) is 19.1 Å². The average Bonchev–Trinajstić information content (AvgIpc) is 3.17. The molecule has 1 amide bonds. The van der Waals surface area contributed by atoms with Crippen molar-refractivity contribution in [2.45, 2.75) is 57.6 Å². The maximum Gasteiger partial charge on any atom is 0.258 e. The standard InChI is InChI=1S/C27H36N6O2.C3H5ClO/c1-19-17-20(10-13-28-19)26(34)30-27-29-23-8-6-9-24(35-22-11-15-31(2)16-12-22)25(23)33(27)21-7-4-5-14-32(3)18-21;4-2-1-3-5/h6,8-10,13,17,21-22H,4-5,7,11-12,14-16,18H2,1-3H3,(H,29,30,34);3H,1-2H2. The fraction of sp³-hybridized carbons (Fsp3) is 0.533. The Labute approximate surface area is 241 Å². The fourth-order valence-electron chi connectivity index (χ4n) is 5.36. The van der Waals surface area contributed by atoms with Crippen molar-refractivity contribution in [1.82, 2.24) is 24.3 Å². The number of ether oxygens (including phenoxy) is 1. The summed E-state index contributed by atoms with van der Waals surface area (Å²) < 4.78 is 8.83. The van der Waals surface area contributed by atoms with Crippen molar-refractivity contribution in [3.8, 4) is 5.75 Å². The number of nitrogens with one attached hydrogen (secondary N) is 1. The molecule has 2 fully saturated rings. The summed E-state index contributed by atoms with van der Waals surface area (Å²) in [7, 11) is 4.33. The molecule has 2 aliphatic rings. The van der Waals surface area contributed by atoms with Gasteiger partial charge in [0.05, 0.1) is 5.52 Å². The number of carbonyl (C=O) groups is 2. The molecule has 1 aromatic carbocycles. The molecule has 3 aromatic rings. The van der Waals surface area contributed by atoms with E-state index in [4.69, 9.17) is 21.3 Å². The summed E-state index contributed by atoms with van der Waals surface area (Å²) in [6.45, 7) is 5.96. The summed E-state index contributed by atoms with van der Waals surface area (Å²) in [5.74, 6) is 1.71. The Hall–Kier alpha value is -3.01. The largest absolute Gasteiger partial charge is 0.488 e. The van der Waals surface area contributed by atoms with Crippen molar-refractivity contribution in [3.05, 3.63) is 47.8 Å². The number of likely N-dealkylation sites (tertiary alicyclic amines) is 2. The van der Waals surface area contributed by atoms with Crippen molar-refractivity contribution in [1.29, 1.82) is 0 Å². The van der Waals surface area contributed by atoms with Gasteiger partial charge in [0, 0.05) is 55.4 Å². The molecule has 0 radical (unpaired) electrons. The van der Waals surface area contributed by atoms with E-state index >= 15 is 0 Å². The topological polar surface area (TPSA) is 92.6 Å². The van der Waals surface area contributed by atoms with Crippen LogP contribution in [-0.2, 0) is 4.79 Å². The maximum absolute atomic E-state index is 13.2. The van der Waals surface area contributed by atoms with Gasteiger partial charge in [0.1, 0.15) is 23.7 Å². The van der Waals surface area contributed by atoms with Gasteiger partial charge in [-0.25, -0.2) is 4.98 Å². The van der Waals surface area contributed by atoms with Crippen LogP contribution in [0.3, 0.4) is 0 Å². The van der Waals surface area contributed by atoms with Crippen LogP contribution >= 0.6 is 11.6 Å². The Morgan fingerprint density at radius 3 is 2.62 bits per heavy atom. The molecule has 1 unspecified atom stereocenters. The van der Waals surface area contributed by atoms with Crippen molar-refractivity contribution >= 4 is 40.8 Å². The predicted molar refractivity (Wildman–Crippen MR) is 160 cm³/mol. The minimum atomic E-state index is -0.174. The molecule has 0 spiro atoms. The van der Waals surface area contributed by atoms with Crippen LogP contribution in [0.5, 0.6) is 5.75 Å². The summed E-state index contributed by atoms with van der Waals surface area (Å²) >= 11 is 5.07. The Kier molecular flexibility index (Phi) is 10.9. The molecule has 0 bridgehead atoms. The highest BCUT2D eigenvalue weighted by Crippen LogP contribution is 2.36. The number of alkyl halides is 1. The second kappa shape index (κ2) is 14.6. The van der Waals surface area contributed by atoms with Gasteiger partial charge in [0.15, 0.2) is 0 Å². The zero-order chi connectivity index (χ0) is 28.5. The van der Waals surface area contributed by atoms with E-state index in [0.29, 0.717) is 23.8 Å². The third kappa shape index (κ3) is 7.80. The number of para-hydroxylation sites is 1. The molecular weight excluding hydrogens is 528 g/mol. The lowest BCUT2D eigenvalue weighted by Gasteiger charge is -2.30. The quantitative estimate of drug-likeness (QED) is 0.319. The number of aryl methyl sites for hydroxylation is 1. The van der Waals surface area contributed by atoms with E-state index in [0.717, 1.165) is 80.6 Å². The molecule has 0 aliphatic carbocycles. The van der Waals surface area contributed by atoms with Crippen LogP contribution < -0.4 is 10.1 Å². The first kappa shape index (κ1) is 30.0. The zero-order valence-corrected chi connectivity index (χ0v) is 24.6. The van der Waals surface area contributed by atoms with Crippen LogP contribution in [0.15, 0.2) is 36.5 Å². The number of fused-ring (bicyclic) bond motifs is 1. The van der Waals surface area contributed by atoms with Gasteiger partial charge >= 0.3 is 0 Å². The number of piperidine rings is 1. The number of likely N-dealkylation sites (N-methyl/N-ethyl adjacent to an activating group) is 1. The van der Waals surface area contributed by atoms with Gasteiger partial charge in [0.2, 0.25) is 5.95 Å². The number of benzene rings is 1. The van der Waals surface area contributed by atoms with E-state index in [2.05, 4.69) is 44.8 Å². The summed E-state index contributed by atoms with van der Waals surface area (Å²) in [5.41, 5.74) is 3.22. The number of pyridine rings is 1. The highest BCUT2D eigenvalue weighted by atomic mass is 35.5. The van der Waals surface area contributed by atoms with Crippen molar-refractivity contribution < 1.29 is 14.3 Å². The number of carbonyl (C=O) groups excluding carboxylic acids is 2. The number of anilines is 1. The van der Waals surface area contributed by atoms with Crippen molar-refractivity contribution in [2.75, 3.05) is 51.5 Å². The van der Waals surface area contributed by atoms with E-state index in [9.17, 15) is 9.59 Å². The Morgan fingerprint density at radius 1 is 1.12 bits per heavy atom. The number of aldehydes is 1. The highest BCUT2D eigenvalue weighted by molar-refractivity contribution is 6.18. The second-order valence-electron chi connectivity index (χ2n) is 10.7. The normalized spacial score (nSPS) is 18.9. The molecule has 2 saturated heterocycles. The van der Waals surface area contributed by atoms with Gasteiger partial charge < -0.3 is 23.9 Å². The lowest BCUT2D eigenvalue weighted by atomic mass is 10.1. The molecule has 216 valence electrons. The molecule has 1 N–H and O–H groups in total. The van der Waals surface area contributed by atoms with Crippen LogP contribution in [0.25, 0.3) is 11.0 Å². The smallest absolute Gasteiger partial charge is 0.258 e. The molecule has 1 atom stereocenters. The van der Waals surface area contributed by atoms with Gasteiger partial charge in [-0.1, -0.05) is 12.5 Å². The number of nitrogens with zero attached hydrogens (tertiary/aromatic N) is 5. The lowest BCUT2D eigenvalue weighted by Crippen LogP contribution is -2.35. The molecule has 40 heavy (non-hydrogen) atoms. The summed E-state index contributed by atoms with van der Waals surface area (Å²) in [6.07, 6.45) is 8.51. The molecule has 4 heterocycles. The van der Waals surface area contributed by atoms with Crippen LogP contribution in [0.4, 0.5) is 5.95 Å². The fourth-order valence-corrected chi connectivity index (χ4v) is 5.45. The Balaban J connectivity index is 0.000000681. The van der Waals surface area contributed by atoms with E-state index < -0.39 is 0 Å². The second-order valence-corrected chi connectivity index (χ2v) is 11.1. The Morgan fingerprint density at radius 2 is 1.93 bits per heavy atom. The van der Waals surface area contributed by atoms with E-state index in [-0.39, 0.29) is 18.1 Å². The van der Waals surface area contributed by atoms with E-state index in [1.54, 1.807) is 18.3 Å². The average molecular weight is 569 g/mol. The third-order valence-corrected chi connectivity index (χ3v) is 7.68. The minimum Gasteiger partial charge on any atom is -0.488 e. The SMILES string of the molecule is Cc1cc(C(=O)Nc2nc3cccc(OC4CCN(C)CC4)c3n2C2CCCCN(C)C2)ccn1.O=CCCCl. The number of aromatic nitrogens is 3. The molecule has 0 saturated carbocycles. The predicted octanol–water partition coefficient (Wildman–Crippen LogP) is 4.94. The first-order chi connectivity index (χ1) is 19.4. The number of hydrogen-bond donors (Lipinski definition) is 1. The van der Waals surface area contributed by atoms with Gasteiger partial charge in [-0.05, 0) is 77.5 Å². The number of amides is 1. The number of halogens is 1. The Bertz CT molecular complexity index is 1270. The van der Waals surface area contributed by atoms with Crippen molar-refractivity contribution in [3.63, 3.8) is 0 Å². The molecular formula is C30H41ClN6O3. The number of imidazole rings is 1. The molecule has 2 aromatic heterocycles. The van der Waals surface area contributed by atoms with E-state index in [1.165, 1.54) is 6.42 Å².